The summed E-state index contributed by atoms with van der Waals surface area (Å²) >= 11 is 0. The van der Waals surface area contributed by atoms with Crippen molar-refractivity contribution in [2.75, 3.05) is 45.7 Å². The van der Waals surface area contributed by atoms with Crippen LogP contribution in [0.4, 0.5) is 5.69 Å². The molecule has 4 aliphatic rings. The van der Waals surface area contributed by atoms with Crippen LogP contribution in [0.5, 0.6) is 5.75 Å². The number of anilines is 1. The van der Waals surface area contributed by atoms with Crippen LogP contribution in [-0.4, -0.2) is 107 Å². The largest absolute Gasteiger partial charge is 0.509 e. The molecule has 13 heteroatoms. The average molecular weight is 622 g/mol. The number of hydrogen-bond acceptors (Lipinski definition) is 12. The summed E-state index contributed by atoms with van der Waals surface area (Å²) < 4.78 is 0. The summed E-state index contributed by atoms with van der Waals surface area (Å²) in [7, 11) is 5.04. The van der Waals surface area contributed by atoms with Gasteiger partial charge in [0.2, 0.25) is 0 Å². The number of primary amides is 1. The second-order valence-electron chi connectivity index (χ2n) is 13.3. The number of nitrogens with two attached hydrogens (primary N) is 3. The number of rotatable bonds is 7. The smallest absolute Gasteiger partial charge is 0.255 e. The van der Waals surface area contributed by atoms with E-state index in [-0.39, 0.29) is 23.8 Å². The second-order valence-corrected chi connectivity index (χ2v) is 13.3. The van der Waals surface area contributed by atoms with E-state index in [2.05, 4.69) is 23.8 Å². The molecule has 4 atom stereocenters. The number of carbonyl (C=O) groups excluding carboxylic acids is 3. The summed E-state index contributed by atoms with van der Waals surface area (Å²) in [6.07, 6.45) is 3.12. The molecule has 1 saturated carbocycles. The molecule has 1 heterocycles. The summed E-state index contributed by atoms with van der Waals surface area (Å²) in [4.78, 5) is 46.3. The topological polar surface area (TPSA) is 223 Å². The van der Waals surface area contributed by atoms with Gasteiger partial charge in [0.1, 0.15) is 22.8 Å². The predicted octanol–water partition coefficient (Wildman–Crippen LogP) is 0.606. The summed E-state index contributed by atoms with van der Waals surface area (Å²) in [5.41, 5.74) is 12.4. The highest BCUT2D eigenvalue weighted by molar-refractivity contribution is 6.25. The lowest BCUT2D eigenvalue weighted by Crippen LogP contribution is -2.80. The van der Waals surface area contributed by atoms with Gasteiger partial charge < -0.3 is 42.3 Å². The number of fused-ring (bicyclic) bond motifs is 3. The maximum atomic E-state index is 14.6. The molecule has 3 aliphatic carbocycles. The van der Waals surface area contributed by atoms with E-state index < -0.39 is 69.1 Å². The van der Waals surface area contributed by atoms with Crippen molar-refractivity contribution in [2.45, 2.75) is 68.6 Å². The molecule has 0 aromatic heterocycles. The number of amides is 1. The Kier molecular flexibility index (Phi) is 8.02. The molecule has 0 radical (unpaired) electrons. The van der Waals surface area contributed by atoms with Crippen LogP contribution in [0.3, 0.4) is 0 Å². The standard InChI is InChI=1S/C32H43N7O6/c1-5-6-11-39(18-9-12-38(4)13-10-18)19-8-7-17-14-30(35)15-32(36)26(37(2)3)25(42)21(29(34)45)27(43)31(32,16-33)28(44)22(30)24(41)20(17)23(19)40/h7-8,18,26,40-41,43H,5-6,9-15,35-36H2,1-4H3,(H2,34,45)/t26-,30-,31+,32-/m1/s1. The van der Waals surface area contributed by atoms with Gasteiger partial charge in [0.05, 0.1) is 40.0 Å². The van der Waals surface area contributed by atoms with Crippen LogP contribution in [0.1, 0.15) is 50.2 Å². The zero-order chi connectivity index (χ0) is 33.2. The first kappa shape index (κ1) is 32.4. The number of Topliss-reactive ketones (excluding diaryl/α,β-unsaturated/α-hetero) is 2. The first-order valence-electron chi connectivity index (χ1n) is 15.3. The van der Waals surface area contributed by atoms with Gasteiger partial charge in [-0.15, -0.1) is 0 Å². The van der Waals surface area contributed by atoms with E-state index in [1.54, 1.807) is 12.1 Å². The molecule has 9 N–H and O–H groups in total. The molecule has 45 heavy (non-hydrogen) atoms. The summed E-state index contributed by atoms with van der Waals surface area (Å²) in [6.45, 7) is 4.56. The molecule has 13 nitrogen and oxygen atoms in total. The Morgan fingerprint density at radius 1 is 1.16 bits per heavy atom. The fourth-order valence-corrected chi connectivity index (χ4v) is 8.17. The number of benzene rings is 1. The number of aromatic hydroxyl groups is 1. The zero-order valence-corrected chi connectivity index (χ0v) is 26.3. The van der Waals surface area contributed by atoms with Crippen LogP contribution in [0.25, 0.3) is 5.76 Å². The minimum Gasteiger partial charge on any atom is -0.509 e. The van der Waals surface area contributed by atoms with E-state index in [4.69, 9.17) is 17.2 Å². The van der Waals surface area contributed by atoms with E-state index in [0.29, 0.717) is 17.8 Å². The molecule has 1 aromatic rings. The number of unbranched alkanes of at least 4 members (excludes halogenated alkanes) is 1. The van der Waals surface area contributed by atoms with Crippen molar-refractivity contribution in [1.29, 1.82) is 5.26 Å². The number of ketones is 2. The Labute approximate surface area is 262 Å². The van der Waals surface area contributed by atoms with Gasteiger partial charge in [0.15, 0.2) is 17.0 Å². The second kappa shape index (κ2) is 11.1. The van der Waals surface area contributed by atoms with Crippen LogP contribution in [0.15, 0.2) is 29.0 Å². The lowest BCUT2D eigenvalue weighted by atomic mass is 9.47. The van der Waals surface area contributed by atoms with Crippen molar-refractivity contribution in [1.82, 2.24) is 9.80 Å². The lowest BCUT2D eigenvalue weighted by Gasteiger charge is -2.58. The number of phenols is 1. The van der Waals surface area contributed by atoms with Crippen LogP contribution >= 0.6 is 0 Å². The first-order chi connectivity index (χ1) is 21.1. The monoisotopic (exact) mass is 621 g/mol. The Morgan fingerprint density at radius 3 is 2.36 bits per heavy atom. The summed E-state index contributed by atoms with van der Waals surface area (Å²) in [6, 6.07) is 4.08. The predicted molar refractivity (Wildman–Crippen MR) is 167 cm³/mol. The quantitative estimate of drug-likeness (QED) is 0.230. The molecule has 1 amide bonds. The molecule has 1 saturated heterocycles. The van der Waals surface area contributed by atoms with Gasteiger partial charge in [-0.25, -0.2) is 0 Å². The van der Waals surface area contributed by atoms with Crippen LogP contribution in [0, 0.1) is 16.7 Å². The molecule has 242 valence electrons. The van der Waals surface area contributed by atoms with Gasteiger partial charge in [-0.3, -0.25) is 19.3 Å². The number of carbonyl (C=O) groups is 3. The van der Waals surface area contributed by atoms with Crippen molar-refractivity contribution >= 4 is 28.9 Å². The number of likely N-dealkylation sites (N-methyl/N-ethyl adjacent to an activating group) is 1. The number of nitrogens with zero attached hydrogens (tertiary/aromatic N) is 4. The van der Waals surface area contributed by atoms with Gasteiger partial charge in [-0.1, -0.05) is 19.4 Å². The molecule has 0 bridgehead atoms. The number of likely N-dealkylation sites (tertiary alicyclic amines) is 1. The molecule has 1 aromatic carbocycles. The van der Waals surface area contributed by atoms with E-state index in [9.17, 15) is 35.0 Å². The van der Waals surface area contributed by atoms with Crippen LogP contribution in [0.2, 0.25) is 0 Å². The Bertz CT molecular complexity index is 1570. The third-order valence-corrected chi connectivity index (χ3v) is 10.3. The highest BCUT2D eigenvalue weighted by Gasteiger charge is 2.74. The van der Waals surface area contributed by atoms with Gasteiger partial charge in [0.25, 0.3) is 5.91 Å². The SMILES string of the molecule is CCCCN(c1ccc2c(c1O)C(O)=C1C(=O)[C@]3(C#N)C(O)=C(C(N)=O)C(=O)[C@@H](N(C)C)[C@]3(N)C[C@]1(N)C2)C1CCN(C)CC1. The van der Waals surface area contributed by atoms with E-state index in [1.165, 1.54) is 19.0 Å². The fourth-order valence-electron chi connectivity index (χ4n) is 8.17. The molecule has 2 fully saturated rings. The fraction of sp³-hybridized carbons (Fsp3) is 0.562. The average Bonchev–Trinajstić information content (AvgIpc) is 2.94. The number of nitriles is 1. The van der Waals surface area contributed by atoms with Gasteiger partial charge in [0, 0.05) is 12.6 Å². The highest BCUT2D eigenvalue weighted by atomic mass is 16.3. The lowest BCUT2D eigenvalue weighted by molar-refractivity contribution is -0.139. The molecule has 0 spiro atoms. The summed E-state index contributed by atoms with van der Waals surface area (Å²) in [5.74, 6) is -5.43. The molecular weight excluding hydrogens is 578 g/mol. The zero-order valence-electron chi connectivity index (χ0n) is 26.3. The summed E-state index contributed by atoms with van der Waals surface area (Å²) in [5, 5.41) is 45.6. The molecular formula is C32H43N7O6. The molecule has 5 rings (SSSR count). The molecule has 0 unspecified atom stereocenters. The van der Waals surface area contributed by atoms with Crippen LogP contribution in [-0.2, 0) is 20.8 Å². The van der Waals surface area contributed by atoms with Crippen molar-refractivity contribution < 1.29 is 29.7 Å². The normalized spacial score (nSPS) is 30.6. The maximum Gasteiger partial charge on any atom is 0.255 e. The Balaban J connectivity index is 1.72. The van der Waals surface area contributed by atoms with Crippen molar-refractivity contribution in [3.8, 4) is 11.8 Å². The van der Waals surface area contributed by atoms with Crippen molar-refractivity contribution in [3.63, 3.8) is 0 Å². The highest BCUT2D eigenvalue weighted by Crippen LogP contribution is 2.58. The first-order valence-corrected chi connectivity index (χ1v) is 15.3. The number of aliphatic hydroxyl groups excluding tert-OH is 2. The van der Waals surface area contributed by atoms with Gasteiger partial charge in [-0.05, 0) is 78.0 Å². The van der Waals surface area contributed by atoms with E-state index in [0.717, 1.165) is 38.8 Å². The maximum absolute atomic E-state index is 14.6. The van der Waals surface area contributed by atoms with Crippen molar-refractivity contribution in [2.24, 2.45) is 22.6 Å². The van der Waals surface area contributed by atoms with E-state index >= 15 is 0 Å². The third-order valence-electron chi connectivity index (χ3n) is 10.3. The molecule has 1 aliphatic heterocycles. The van der Waals surface area contributed by atoms with Gasteiger partial charge >= 0.3 is 0 Å². The van der Waals surface area contributed by atoms with E-state index in [1.807, 2.05) is 6.07 Å². The Morgan fingerprint density at radius 2 is 1.80 bits per heavy atom. The number of hydrogen-bond donors (Lipinski definition) is 6. The number of piperidine rings is 1. The van der Waals surface area contributed by atoms with Crippen molar-refractivity contribution in [3.05, 3.63) is 40.2 Å². The number of phenolic OH excluding ortho intramolecular Hbond substituents is 1. The van der Waals surface area contributed by atoms with Crippen LogP contribution < -0.4 is 22.1 Å². The minimum atomic E-state index is -2.68. The van der Waals surface area contributed by atoms with Gasteiger partial charge in [-0.2, -0.15) is 5.26 Å². The third kappa shape index (κ3) is 4.46. The minimum absolute atomic E-state index is 0.0126. The Hall–Kier alpha value is -3.96. The number of aliphatic hydroxyl groups is 2.